The average molecular weight is 1020 g/mol. The minimum Gasteiger partial charge on any atom is -0.296 e. The van der Waals surface area contributed by atoms with E-state index in [0.29, 0.717) is 0 Å². The molecular weight excluding hydrogens is 979 g/mol. The second-order valence-electron chi connectivity index (χ2n) is 13.2. The molecule has 300 valence electrons. The zero-order chi connectivity index (χ0) is 40.9. The fourth-order valence-electron chi connectivity index (χ4n) is 5.99. The topological polar surface area (TPSA) is 38.7 Å². The van der Waals surface area contributed by atoms with Gasteiger partial charge in [0.25, 0.3) is 0 Å². The Balaban J connectivity index is 0.000000152. The molecule has 61 heavy (non-hydrogen) atoms. The third kappa shape index (κ3) is 14.3. The van der Waals surface area contributed by atoms with Gasteiger partial charge in [-0.15, -0.1) is 71.7 Å². The molecule has 3 nitrogen and oxygen atoms in total. The van der Waals surface area contributed by atoms with Crippen molar-refractivity contribution in [3.63, 3.8) is 0 Å². The SMILES string of the molecule is [Ir+3].[c-]1cccnc1-c1ccccc1SCc1ccccc1.[c-]1cccnc1-c1ccccc1SCc1ccccc1.[c-]1cccnc1-c1ccccc1SCc1ccccc1. The van der Waals surface area contributed by atoms with Gasteiger partial charge in [0.1, 0.15) is 0 Å². The van der Waals surface area contributed by atoms with E-state index in [-0.39, 0.29) is 20.1 Å². The van der Waals surface area contributed by atoms with Gasteiger partial charge >= 0.3 is 20.1 Å². The fraction of sp³-hybridized carbons (Fsp3) is 0.0556. The van der Waals surface area contributed by atoms with E-state index in [1.807, 2.05) is 127 Å². The molecule has 0 saturated heterocycles. The molecule has 3 heterocycles. The van der Waals surface area contributed by atoms with Crippen molar-refractivity contribution in [1.82, 2.24) is 15.0 Å². The Hall–Kier alpha value is -5.53. The summed E-state index contributed by atoms with van der Waals surface area (Å²) in [6.45, 7) is 0. The van der Waals surface area contributed by atoms with Crippen LogP contribution in [-0.2, 0) is 37.4 Å². The van der Waals surface area contributed by atoms with Crippen LogP contribution in [0, 0.1) is 18.2 Å². The van der Waals surface area contributed by atoms with Gasteiger partial charge < -0.3 is 0 Å². The molecule has 9 rings (SSSR count). The summed E-state index contributed by atoms with van der Waals surface area (Å²) in [7, 11) is 0. The van der Waals surface area contributed by atoms with Crippen molar-refractivity contribution in [2.24, 2.45) is 0 Å². The Morgan fingerprint density at radius 1 is 0.311 bits per heavy atom. The molecule has 3 aromatic heterocycles. The first kappa shape index (κ1) is 45.0. The van der Waals surface area contributed by atoms with E-state index in [9.17, 15) is 0 Å². The molecule has 9 aromatic rings. The summed E-state index contributed by atoms with van der Waals surface area (Å²) in [4.78, 5) is 16.9. The Bertz CT molecular complexity index is 2290. The molecule has 6 aromatic carbocycles. The largest absolute Gasteiger partial charge is 3.00 e. The van der Waals surface area contributed by atoms with Crippen LogP contribution in [0.3, 0.4) is 0 Å². The average Bonchev–Trinajstić information content (AvgIpc) is 3.34. The van der Waals surface area contributed by atoms with Crippen LogP contribution in [0.5, 0.6) is 0 Å². The number of thioether (sulfide) groups is 3. The fourth-order valence-corrected chi connectivity index (χ4v) is 9.02. The molecule has 0 amide bonds. The van der Waals surface area contributed by atoms with Crippen LogP contribution < -0.4 is 0 Å². The van der Waals surface area contributed by atoms with Crippen molar-refractivity contribution in [2.45, 2.75) is 31.9 Å². The summed E-state index contributed by atoms with van der Waals surface area (Å²) in [5, 5.41) is 0. The van der Waals surface area contributed by atoms with Gasteiger partial charge in [-0.3, -0.25) is 15.0 Å². The van der Waals surface area contributed by atoms with Gasteiger partial charge in [0.15, 0.2) is 0 Å². The molecule has 7 heteroatoms. The number of benzene rings is 6. The first-order valence-corrected chi connectivity index (χ1v) is 22.5. The molecule has 0 bridgehead atoms. The minimum atomic E-state index is 0. The molecule has 0 saturated carbocycles. The number of pyridine rings is 3. The monoisotopic (exact) mass is 1020 g/mol. The van der Waals surface area contributed by atoms with Crippen molar-refractivity contribution in [3.05, 3.63) is 254 Å². The smallest absolute Gasteiger partial charge is 0.296 e. The Kier molecular flexibility index (Phi) is 18.7. The summed E-state index contributed by atoms with van der Waals surface area (Å²) in [5.74, 6) is 2.89. The Morgan fingerprint density at radius 3 is 0.836 bits per heavy atom. The van der Waals surface area contributed by atoms with E-state index in [1.54, 1.807) is 0 Å². The predicted octanol–water partition coefficient (Wildman–Crippen LogP) is 14.5. The van der Waals surface area contributed by atoms with E-state index in [1.165, 1.54) is 31.4 Å². The van der Waals surface area contributed by atoms with E-state index in [2.05, 4.69) is 161 Å². The quantitative estimate of drug-likeness (QED) is 0.0897. The van der Waals surface area contributed by atoms with Crippen LogP contribution in [0.4, 0.5) is 0 Å². The zero-order valence-corrected chi connectivity index (χ0v) is 38.2. The van der Waals surface area contributed by atoms with Crippen LogP contribution in [0.1, 0.15) is 16.7 Å². The van der Waals surface area contributed by atoms with Crippen LogP contribution in [-0.4, -0.2) is 15.0 Å². The normalized spacial score (nSPS) is 10.2. The molecule has 0 atom stereocenters. The third-order valence-electron chi connectivity index (χ3n) is 8.96. The first-order valence-electron chi connectivity index (χ1n) is 19.6. The number of nitrogens with zero attached hydrogens (tertiary/aromatic N) is 3. The predicted molar refractivity (Wildman–Crippen MR) is 254 cm³/mol. The van der Waals surface area contributed by atoms with Crippen molar-refractivity contribution in [2.75, 3.05) is 0 Å². The maximum Gasteiger partial charge on any atom is 3.00 e. The van der Waals surface area contributed by atoms with Crippen LogP contribution in [0.15, 0.2) is 233 Å². The van der Waals surface area contributed by atoms with Crippen LogP contribution in [0.25, 0.3) is 33.8 Å². The number of hydrogen-bond acceptors (Lipinski definition) is 6. The number of rotatable bonds is 12. The molecule has 0 aliphatic carbocycles. The summed E-state index contributed by atoms with van der Waals surface area (Å²) in [6.07, 6.45) is 5.43. The van der Waals surface area contributed by atoms with Gasteiger partial charge in [0.2, 0.25) is 0 Å². The molecular formula is C54H42IrN3S3. The Morgan fingerprint density at radius 2 is 0.574 bits per heavy atom. The number of aromatic nitrogens is 3. The van der Waals surface area contributed by atoms with Gasteiger partial charge in [-0.25, -0.2) is 0 Å². The second kappa shape index (κ2) is 25.3. The van der Waals surface area contributed by atoms with Gasteiger partial charge in [0, 0.05) is 17.3 Å². The second-order valence-corrected chi connectivity index (χ2v) is 16.3. The molecule has 0 N–H and O–H groups in total. The summed E-state index contributed by atoms with van der Waals surface area (Å²) < 4.78 is 0. The van der Waals surface area contributed by atoms with Crippen molar-refractivity contribution < 1.29 is 20.1 Å². The number of hydrogen-bond donors (Lipinski definition) is 0. The van der Waals surface area contributed by atoms with E-state index in [4.69, 9.17) is 0 Å². The molecule has 0 aliphatic heterocycles. The molecule has 0 fully saturated rings. The van der Waals surface area contributed by atoms with Gasteiger partial charge in [-0.2, -0.15) is 36.4 Å². The summed E-state index contributed by atoms with van der Waals surface area (Å²) in [5.41, 5.74) is 10.2. The summed E-state index contributed by atoms with van der Waals surface area (Å²) >= 11 is 5.50. The third-order valence-corrected chi connectivity index (χ3v) is 12.4. The maximum atomic E-state index is 4.40. The molecule has 0 radical (unpaired) electrons. The van der Waals surface area contributed by atoms with Gasteiger partial charge in [-0.1, -0.05) is 162 Å². The summed E-state index contributed by atoms with van der Waals surface area (Å²) in [6, 6.07) is 77.6. The van der Waals surface area contributed by atoms with Crippen molar-refractivity contribution in [3.8, 4) is 33.8 Å². The first-order chi connectivity index (χ1) is 29.8. The van der Waals surface area contributed by atoms with E-state index in [0.717, 1.165) is 51.0 Å². The van der Waals surface area contributed by atoms with Gasteiger partial charge in [0.05, 0.1) is 0 Å². The molecule has 0 unspecified atom stereocenters. The maximum absolute atomic E-state index is 4.40. The standard InChI is InChI=1S/3C18H14NS.Ir/c3*1-2-8-15(9-3-1)14-20-18-12-5-4-10-16(18)17-11-6-7-13-19-17;/h3*1-10,12-13H,14H2;/q3*-1;+3. The van der Waals surface area contributed by atoms with E-state index >= 15 is 0 Å². The molecule has 0 aliphatic rings. The van der Waals surface area contributed by atoms with Crippen LogP contribution in [0.2, 0.25) is 0 Å². The molecule has 0 spiro atoms. The minimum absolute atomic E-state index is 0. The Labute approximate surface area is 387 Å². The van der Waals surface area contributed by atoms with Crippen LogP contribution >= 0.6 is 35.3 Å². The van der Waals surface area contributed by atoms with Crippen molar-refractivity contribution in [1.29, 1.82) is 0 Å². The van der Waals surface area contributed by atoms with Crippen molar-refractivity contribution >= 4 is 35.3 Å². The zero-order valence-electron chi connectivity index (χ0n) is 33.3. The van der Waals surface area contributed by atoms with E-state index < -0.39 is 0 Å². The van der Waals surface area contributed by atoms with Gasteiger partial charge in [-0.05, 0) is 67.0 Å².